The lowest BCUT2D eigenvalue weighted by Gasteiger charge is -2.36. The first-order valence-electron chi connectivity index (χ1n) is 29.8. The van der Waals surface area contributed by atoms with Gasteiger partial charge in [0.1, 0.15) is 17.4 Å². The van der Waals surface area contributed by atoms with Gasteiger partial charge in [-0.1, -0.05) is 117 Å². The topological polar surface area (TPSA) is 176 Å². The van der Waals surface area contributed by atoms with Crippen molar-refractivity contribution < 1.29 is 34.8 Å². The van der Waals surface area contributed by atoms with Crippen LogP contribution in [0.25, 0.3) is 10.8 Å². The molecule has 9 bridgehead atoms. The third-order valence-electron chi connectivity index (χ3n) is 18.0. The number of carbonyl (C=O) groups excluding carboxylic acids is 2. The predicted molar refractivity (Wildman–Crippen MR) is 322 cm³/mol. The molecule has 1 fully saturated rings. The van der Waals surface area contributed by atoms with E-state index in [4.69, 9.17) is 4.74 Å². The number of β-amino-alcohol motifs (C(OH)–C–C–N with tert-alkyl or cyclic N) is 1. The van der Waals surface area contributed by atoms with Gasteiger partial charge in [-0.05, 0) is 179 Å². The summed E-state index contributed by atoms with van der Waals surface area (Å²) in [5.41, 5.74) is 10.2. The number of H-pyrrole nitrogens is 1. The summed E-state index contributed by atoms with van der Waals surface area (Å²) in [7, 11) is 1.52. The van der Waals surface area contributed by atoms with Crippen LogP contribution in [-0.4, -0.2) is 82.5 Å². The van der Waals surface area contributed by atoms with Crippen molar-refractivity contribution in [2.45, 2.75) is 121 Å². The summed E-state index contributed by atoms with van der Waals surface area (Å²) < 4.78 is 5.59. The number of aromatic amines is 1. The van der Waals surface area contributed by atoms with Crippen LogP contribution in [0.5, 0.6) is 11.5 Å². The Morgan fingerprint density at radius 2 is 1.62 bits per heavy atom. The maximum Gasteiger partial charge on any atom is 0.160 e. The number of benzene rings is 5. The molecule has 81 heavy (non-hydrogen) atoms. The van der Waals surface area contributed by atoms with Crippen LogP contribution in [-0.2, 0) is 35.3 Å². The van der Waals surface area contributed by atoms with Gasteiger partial charge in [0.05, 0.1) is 31.7 Å². The van der Waals surface area contributed by atoms with E-state index >= 15 is 4.79 Å². The van der Waals surface area contributed by atoms with Crippen LogP contribution in [0.4, 0.5) is 5.69 Å². The summed E-state index contributed by atoms with van der Waals surface area (Å²) in [5, 5.41) is 59.3. The number of aromatic hydroxyl groups is 1. The monoisotopic (exact) mass is 1090 g/mol. The Bertz CT molecular complexity index is 3260. The van der Waals surface area contributed by atoms with Crippen LogP contribution in [0.3, 0.4) is 0 Å². The molecule has 1 aromatic heterocycles. The van der Waals surface area contributed by atoms with Crippen molar-refractivity contribution in [2.24, 2.45) is 35.5 Å². The Balaban J connectivity index is 1.11. The Morgan fingerprint density at radius 1 is 0.802 bits per heavy atom. The van der Waals surface area contributed by atoms with Gasteiger partial charge in [0.25, 0.3) is 0 Å². The maximum absolute atomic E-state index is 15.2. The molecule has 11 heteroatoms. The number of methoxy groups -OCH3 is 1. The van der Waals surface area contributed by atoms with E-state index in [0.29, 0.717) is 70.3 Å². The predicted octanol–water partition coefficient (Wildman–Crippen LogP) is 11.2. The first kappa shape index (κ1) is 57.3. The lowest BCUT2D eigenvalue weighted by Crippen LogP contribution is -2.34. The van der Waals surface area contributed by atoms with Crippen LogP contribution < -0.4 is 20.7 Å². The number of ether oxygens (including phenoxy) is 1. The number of dihydropyridines is 1. The number of hydrogen-bond acceptors (Lipinski definition) is 10. The van der Waals surface area contributed by atoms with Crippen molar-refractivity contribution in [3.8, 4) is 23.3 Å². The molecule has 10 atom stereocenters. The zero-order valence-corrected chi connectivity index (χ0v) is 47.4. The molecule has 0 amide bonds. The summed E-state index contributed by atoms with van der Waals surface area (Å²) in [6, 6.07) is 37.3. The lowest BCUT2D eigenvalue weighted by atomic mass is 9.71. The second kappa shape index (κ2) is 26.8. The number of aliphatic hydroxyl groups is 3. The van der Waals surface area contributed by atoms with Gasteiger partial charge >= 0.3 is 0 Å². The van der Waals surface area contributed by atoms with Crippen molar-refractivity contribution in [3.05, 3.63) is 184 Å². The summed E-state index contributed by atoms with van der Waals surface area (Å²) in [6.45, 7) is 6.07. The Morgan fingerprint density at radius 3 is 2.41 bits per heavy atom. The number of phenolic OH excluding ortho intramolecular Hbond substituents is 1. The first-order chi connectivity index (χ1) is 39.4. The maximum atomic E-state index is 15.2. The Hall–Kier alpha value is -6.94. The molecule has 2 aliphatic heterocycles. The van der Waals surface area contributed by atoms with E-state index in [1.54, 1.807) is 6.07 Å². The quantitative estimate of drug-likeness (QED) is 0.0514. The number of allylic oxidation sites excluding steroid dienone is 2. The van der Waals surface area contributed by atoms with Crippen molar-refractivity contribution >= 4 is 28.0 Å². The molecule has 6 aromatic rings. The van der Waals surface area contributed by atoms with Crippen molar-refractivity contribution in [1.29, 1.82) is 0 Å². The summed E-state index contributed by atoms with van der Waals surface area (Å²) in [5.74, 6) is 6.85. The number of hydrogen-bond donors (Lipinski definition) is 8. The third-order valence-corrected chi connectivity index (χ3v) is 18.0. The lowest BCUT2D eigenvalue weighted by molar-refractivity contribution is -0.130. The van der Waals surface area contributed by atoms with Crippen LogP contribution >= 0.6 is 0 Å². The van der Waals surface area contributed by atoms with E-state index in [2.05, 4.69) is 119 Å². The number of fused-ring (bicyclic) bond motifs is 9. The molecule has 424 valence electrons. The smallest absolute Gasteiger partial charge is 0.160 e. The molecule has 1 saturated carbocycles. The molecule has 3 heterocycles. The molecule has 10 unspecified atom stereocenters. The average Bonchev–Trinajstić information content (AvgIpc) is 3.98. The molecular formula is C70H82N4O7. The second-order valence-electron chi connectivity index (χ2n) is 23.7. The minimum Gasteiger partial charge on any atom is -0.504 e. The molecule has 4 aliphatic rings. The molecule has 0 radical (unpaired) electrons. The Labute approximate surface area is 478 Å². The number of Topliss-reactive ketones (excluding diaryl/α,β-unsaturated/α-hetero) is 2. The van der Waals surface area contributed by atoms with E-state index < -0.39 is 30.0 Å². The third kappa shape index (κ3) is 14.0. The summed E-state index contributed by atoms with van der Waals surface area (Å²) >= 11 is 0. The van der Waals surface area contributed by atoms with Crippen LogP contribution in [0, 0.1) is 47.3 Å². The van der Waals surface area contributed by atoms with E-state index in [1.807, 2.05) is 48.7 Å². The molecule has 0 saturated heterocycles. The van der Waals surface area contributed by atoms with Gasteiger partial charge in [0.2, 0.25) is 0 Å². The van der Waals surface area contributed by atoms with Gasteiger partial charge in [0, 0.05) is 68.5 Å². The van der Waals surface area contributed by atoms with Gasteiger partial charge in [-0.2, -0.15) is 0 Å². The molecule has 2 aliphatic carbocycles. The van der Waals surface area contributed by atoms with Crippen LogP contribution in [0.2, 0.25) is 0 Å². The first-order valence-corrected chi connectivity index (χ1v) is 29.8. The number of rotatable bonds is 9. The van der Waals surface area contributed by atoms with Gasteiger partial charge in [-0.25, -0.2) is 0 Å². The Kier molecular flexibility index (Phi) is 18.9. The second-order valence-corrected chi connectivity index (χ2v) is 23.7. The van der Waals surface area contributed by atoms with Crippen molar-refractivity contribution in [2.75, 3.05) is 38.7 Å². The van der Waals surface area contributed by atoms with E-state index in [9.17, 15) is 25.2 Å². The SMILES string of the molecule is CCCC1C(O)Cc2cc(c[nH]2)C(C)CNCC(O)Cc2ccc3cc(Cc4ccccc4)c(cc3c2)NC2=CC(=CCN2)C(CCCO)C2CC3C#CC(c4ccccc4)c4cc(O)c(OC)cc4CCC(=O)CC(=O)C3CC1C2. The highest BCUT2D eigenvalue weighted by Gasteiger charge is 2.43. The number of aliphatic hydroxyl groups excluding tert-OH is 3. The number of aryl methyl sites for hydroxylation is 1. The van der Waals surface area contributed by atoms with E-state index in [1.165, 1.54) is 12.7 Å². The fourth-order valence-corrected chi connectivity index (χ4v) is 13.8. The van der Waals surface area contributed by atoms with E-state index in [-0.39, 0.29) is 66.4 Å². The summed E-state index contributed by atoms with van der Waals surface area (Å²) in [4.78, 5) is 32.9. The fourth-order valence-electron chi connectivity index (χ4n) is 13.8. The number of anilines is 1. The zero-order valence-electron chi connectivity index (χ0n) is 47.4. The largest absolute Gasteiger partial charge is 0.504 e. The van der Waals surface area contributed by atoms with Crippen molar-refractivity contribution in [3.63, 3.8) is 0 Å². The van der Waals surface area contributed by atoms with Crippen molar-refractivity contribution in [1.82, 2.24) is 15.6 Å². The molecule has 10 rings (SSSR count). The molecule has 8 N–H and O–H groups in total. The molecule has 5 aromatic carbocycles. The van der Waals surface area contributed by atoms with Crippen LogP contribution in [0.15, 0.2) is 139 Å². The highest BCUT2D eigenvalue weighted by atomic mass is 16.5. The standard InChI is InChI=1S/C70H82N4O7/c1-4-12-62-54-32-53(31-49-21-23-61(47-15-9-6-10-16-47)63-40-68(80)69(81-3)36-50(63)20-22-58(76)39-67(79)64(49)34-54)60(17-11-26-75)51-24-25-72-70(37-51)74-65-35-52-28-46(18-19-48(52)30-55(65)27-45-13-7-5-8-14-45)29-59(77)43-71-41-44(2)56-33-57(73-42-56)38-66(62)78/h5-10,13-16,18-19,24,28,30,33,35-37,40,42,44,49,53-54,59-62,64,66,71-75,77-78,80H,4,11-12,17,20,22,25-27,29,31-32,34,38-39,41,43H2,1-3H3. The van der Waals surface area contributed by atoms with E-state index in [0.717, 1.165) is 92.6 Å². The minimum absolute atomic E-state index is 0.00253. The van der Waals surface area contributed by atoms with Gasteiger partial charge in [-0.3, -0.25) is 9.59 Å². The number of carbonyl (C=O) groups is 2. The molecular weight excluding hydrogens is 1010 g/mol. The highest BCUT2D eigenvalue weighted by molar-refractivity contribution is 6.00. The normalized spacial score (nSPS) is 25.8. The number of nitrogens with one attached hydrogen (secondary N) is 4. The minimum atomic E-state index is -0.723. The van der Waals surface area contributed by atoms with Gasteiger partial charge in [-0.15, -0.1) is 0 Å². The van der Waals surface area contributed by atoms with Gasteiger partial charge in [0.15, 0.2) is 11.5 Å². The average molecular weight is 1090 g/mol. The summed E-state index contributed by atoms with van der Waals surface area (Å²) in [6.07, 6.45) is 11.9. The van der Waals surface area contributed by atoms with Crippen LogP contribution in [0.1, 0.15) is 128 Å². The fraction of sp³-hybridized carbons (Fsp3) is 0.429. The zero-order chi connectivity index (χ0) is 56.4. The van der Waals surface area contributed by atoms with Gasteiger partial charge < -0.3 is 46.1 Å². The molecule has 0 spiro atoms. The number of ketones is 2. The number of aromatic nitrogens is 1. The number of phenols is 1. The molecule has 11 nitrogen and oxygen atoms in total. The highest BCUT2D eigenvalue weighted by Crippen LogP contribution is 2.48.